The molecule has 0 saturated carbocycles. The highest BCUT2D eigenvalue weighted by Crippen LogP contribution is 2.38. The molecular formula is C33H22N6O5S3. The molecule has 0 fully saturated rings. The highest BCUT2D eigenvalue weighted by atomic mass is 32.2. The van der Waals surface area contributed by atoms with Crippen molar-refractivity contribution in [2.45, 2.75) is 11.8 Å². The summed E-state index contributed by atoms with van der Waals surface area (Å²) >= 11 is 2.71. The van der Waals surface area contributed by atoms with Gasteiger partial charge < -0.3 is 5.11 Å². The number of rotatable bonds is 7. The fraction of sp³-hybridized carbons (Fsp3) is 0.0303. The van der Waals surface area contributed by atoms with Gasteiger partial charge in [-0.25, -0.2) is 9.97 Å². The van der Waals surface area contributed by atoms with Gasteiger partial charge in [0, 0.05) is 23.3 Å². The quantitative estimate of drug-likeness (QED) is 0.0657. The van der Waals surface area contributed by atoms with E-state index in [4.69, 9.17) is 4.98 Å². The summed E-state index contributed by atoms with van der Waals surface area (Å²) in [6.45, 7) is 1.64. The van der Waals surface area contributed by atoms with Crippen LogP contribution in [-0.4, -0.2) is 39.5 Å². The van der Waals surface area contributed by atoms with Gasteiger partial charge in [0.25, 0.3) is 10.1 Å². The highest BCUT2D eigenvalue weighted by Gasteiger charge is 2.21. The van der Waals surface area contributed by atoms with E-state index in [1.54, 1.807) is 43.3 Å². The van der Waals surface area contributed by atoms with Gasteiger partial charge in [0.2, 0.25) is 5.78 Å². The number of carbonyl (C=O) groups is 1. The number of aromatic nitrogens is 2. The zero-order valence-electron chi connectivity index (χ0n) is 24.3. The number of para-hydroxylation sites is 1. The lowest BCUT2D eigenvalue weighted by Crippen LogP contribution is -2.16. The Hall–Kier alpha value is -5.41. The number of aliphatic hydroxyl groups is 1. The predicted octanol–water partition coefficient (Wildman–Crippen LogP) is 8.26. The molecule has 0 bridgehead atoms. The molecule has 0 unspecified atom stereocenters. The summed E-state index contributed by atoms with van der Waals surface area (Å²) in [4.78, 5) is 21.6. The second kappa shape index (κ2) is 12.1. The first-order valence-corrected chi connectivity index (χ1v) is 17.1. The molecule has 7 rings (SSSR count). The van der Waals surface area contributed by atoms with Crippen molar-refractivity contribution in [1.29, 1.82) is 0 Å². The van der Waals surface area contributed by atoms with E-state index < -0.39 is 15.9 Å². The average Bonchev–Trinajstić information content (AvgIpc) is 3.68. The van der Waals surface area contributed by atoms with Crippen LogP contribution in [0.2, 0.25) is 0 Å². The van der Waals surface area contributed by atoms with Gasteiger partial charge in [-0.1, -0.05) is 24.3 Å². The number of aliphatic hydroxyl groups excluding tert-OH is 1. The summed E-state index contributed by atoms with van der Waals surface area (Å²) in [5.74, 6) is -0.763. The van der Waals surface area contributed by atoms with Crippen LogP contribution in [-0.2, 0) is 14.9 Å². The first-order valence-electron chi connectivity index (χ1n) is 14.0. The van der Waals surface area contributed by atoms with Crippen molar-refractivity contribution in [3.05, 3.63) is 114 Å². The zero-order valence-corrected chi connectivity index (χ0v) is 26.8. The molecule has 3 N–H and O–H groups in total. The standard InChI is InChI=1S/C33H22N6O5S3/c1-18-7-13-24-30(31(18)47(42,43)44)46-33(35-24)20-10-14-23-29(15-20)45-32(34-23)19-8-11-22(12-9-19)37-39-26-16-25(27(40)17-28(26)41)38-36-21-5-3-2-4-6-21/h2-17,36,41H,1H3,(H,42,43,44). The molecular weight excluding hydrogens is 657 g/mol. The fourth-order valence-electron chi connectivity index (χ4n) is 4.83. The molecule has 2 aromatic heterocycles. The summed E-state index contributed by atoms with van der Waals surface area (Å²) < 4.78 is 35.2. The third kappa shape index (κ3) is 6.22. The predicted molar refractivity (Wildman–Crippen MR) is 184 cm³/mol. The van der Waals surface area contributed by atoms with E-state index in [0.29, 0.717) is 32.2 Å². The van der Waals surface area contributed by atoms with Gasteiger partial charge in [0.05, 0.1) is 31.8 Å². The Morgan fingerprint density at radius 2 is 1.51 bits per heavy atom. The topological polar surface area (TPSA) is 167 Å². The van der Waals surface area contributed by atoms with E-state index in [1.807, 2.05) is 48.5 Å². The number of nitrogens with zero attached hydrogens (tertiary/aromatic N) is 5. The molecule has 47 heavy (non-hydrogen) atoms. The third-order valence-corrected chi connectivity index (χ3v) is 10.5. The number of nitrogens with one attached hydrogen (secondary N) is 1. The number of hydrazone groups is 1. The molecule has 1 aliphatic carbocycles. The lowest BCUT2D eigenvalue weighted by Gasteiger charge is -2.08. The van der Waals surface area contributed by atoms with Gasteiger partial charge in [-0.2, -0.15) is 18.6 Å². The van der Waals surface area contributed by atoms with Crippen molar-refractivity contribution in [1.82, 2.24) is 9.97 Å². The number of azo groups is 1. The second-order valence-electron chi connectivity index (χ2n) is 10.4. The fourth-order valence-corrected chi connectivity index (χ4v) is 8.14. The monoisotopic (exact) mass is 678 g/mol. The Kier molecular flexibility index (Phi) is 7.77. The van der Waals surface area contributed by atoms with Gasteiger partial charge in [-0.15, -0.1) is 27.8 Å². The summed E-state index contributed by atoms with van der Waals surface area (Å²) in [5.41, 5.74) is 7.66. The molecule has 11 nitrogen and oxygen atoms in total. The van der Waals surface area contributed by atoms with Gasteiger partial charge in [0.1, 0.15) is 32.1 Å². The van der Waals surface area contributed by atoms with E-state index >= 15 is 0 Å². The number of anilines is 1. The maximum Gasteiger partial charge on any atom is 0.296 e. The third-order valence-electron chi connectivity index (χ3n) is 7.13. The number of allylic oxidation sites excluding steroid dienone is 2. The van der Waals surface area contributed by atoms with Crippen LogP contribution in [0.1, 0.15) is 5.56 Å². The van der Waals surface area contributed by atoms with Gasteiger partial charge in [-0.3, -0.25) is 14.8 Å². The summed E-state index contributed by atoms with van der Waals surface area (Å²) in [6.07, 6.45) is 2.42. The van der Waals surface area contributed by atoms with E-state index in [-0.39, 0.29) is 22.1 Å². The number of benzene rings is 4. The molecule has 1 aliphatic rings. The number of hydrogen-bond donors (Lipinski definition) is 3. The number of aryl methyl sites for hydroxylation is 1. The number of hydrogen-bond acceptors (Lipinski definition) is 12. The Bertz CT molecular complexity index is 2450. The van der Waals surface area contributed by atoms with Crippen LogP contribution in [0, 0.1) is 6.92 Å². The molecule has 6 aromatic rings. The first kappa shape index (κ1) is 30.3. The van der Waals surface area contributed by atoms with Crippen molar-refractivity contribution >= 4 is 76.1 Å². The van der Waals surface area contributed by atoms with E-state index in [2.05, 4.69) is 25.7 Å². The molecule has 232 valence electrons. The zero-order chi connectivity index (χ0) is 32.7. The first-order chi connectivity index (χ1) is 22.6. The molecule has 0 atom stereocenters. The minimum absolute atomic E-state index is 0.0797. The van der Waals surface area contributed by atoms with Crippen LogP contribution in [0.25, 0.3) is 41.6 Å². The van der Waals surface area contributed by atoms with Crippen LogP contribution in [0.5, 0.6) is 0 Å². The van der Waals surface area contributed by atoms with E-state index in [1.165, 1.54) is 28.7 Å². The lowest BCUT2D eigenvalue weighted by molar-refractivity contribution is -0.109. The number of ketones is 1. The van der Waals surface area contributed by atoms with Crippen LogP contribution in [0.4, 0.5) is 11.4 Å². The minimum Gasteiger partial charge on any atom is -0.505 e. The van der Waals surface area contributed by atoms with Crippen LogP contribution >= 0.6 is 22.7 Å². The Labute approximate surface area is 275 Å². The summed E-state index contributed by atoms with van der Waals surface area (Å²) in [5, 5.41) is 24.2. The van der Waals surface area contributed by atoms with E-state index in [0.717, 1.165) is 32.4 Å². The maximum absolute atomic E-state index is 12.3. The molecule has 0 spiro atoms. The van der Waals surface area contributed by atoms with Crippen molar-refractivity contribution in [3.8, 4) is 21.1 Å². The average molecular weight is 679 g/mol. The number of thiazole rings is 2. The molecule has 2 heterocycles. The Morgan fingerprint density at radius 3 is 2.28 bits per heavy atom. The largest absolute Gasteiger partial charge is 0.505 e. The maximum atomic E-state index is 12.3. The lowest BCUT2D eigenvalue weighted by atomic mass is 10.1. The molecule has 0 saturated heterocycles. The van der Waals surface area contributed by atoms with E-state index in [9.17, 15) is 22.9 Å². The van der Waals surface area contributed by atoms with Crippen LogP contribution in [0.15, 0.2) is 129 Å². The van der Waals surface area contributed by atoms with Crippen molar-refractivity contribution in [2.24, 2.45) is 15.3 Å². The van der Waals surface area contributed by atoms with Crippen LogP contribution in [0.3, 0.4) is 0 Å². The molecule has 0 amide bonds. The molecule has 0 radical (unpaired) electrons. The SMILES string of the molecule is Cc1ccc2nc(-c3ccc4nc(-c5ccc(N=NC6=CC(=NNc7ccccc7)C(=O)C=C6O)cc5)sc4c3)sc2c1S(=O)(=O)O. The molecule has 0 aliphatic heterocycles. The highest BCUT2D eigenvalue weighted by molar-refractivity contribution is 7.86. The smallest absolute Gasteiger partial charge is 0.296 e. The molecule has 4 aromatic carbocycles. The normalized spacial score (nSPS) is 14.7. The second-order valence-corrected chi connectivity index (χ2v) is 13.8. The Morgan fingerprint density at radius 1 is 0.809 bits per heavy atom. The number of carbonyl (C=O) groups excluding carboxylic acids is 1. The van der Waals surface area contributed by atoms with Crippen molar-refractivity contribution < 1.29 is 22.9 Å². The summed E-state index contributed by atoms with van der Waals surface area (Å²) in [6, 6.07) is 25.6. The molecule has 14 heteroatoms. The van der Waals surface area contributed by atoms with Gasteiger partial charge >= 0.3 is 0 Å². The Balaban J connectivity index is 1.11. The van der Waals surface area contributed by atoms with Crippen LogP contribution < -0.4 is 5.43 Å². The minimum atomic E-state index is -4.41. The van der Waals surface area contributed by atoms with Crippen molar-refractivity contribution in [2.75, 3.05) is 5.43 Å². The number of fused-ring (bicyclic) bond motifs is 2. The van der Waals surface area contributed by atoms with Gasteiger partial charge in [0.15, 0.2) is 0 Å². The van der Waals surface area contributed by atoms with Gasteiger partial charge in [-0.05, 0) is 73.2 Å². The summed E-state index contributed by atoms with van der Waals surface area (Å²) in [7, 11) is -4.41. The van der Waals surface area contributed by atoms with Crippen molar-refractivity contribution in [3.63, 3.8) is 0 Å².